The van der Waals surface area contributed by atoms with Crippen LogP contribution in [0.5, 0.6) is 6.01 Å². The molecule has 7 heteroatoms. The molecular weight excluding hydrogens is 256 g/mol. The highest BCUT2D eigenvalue weighted by atomic mass is 16.5. The molecule has 20 heavy (non-hydrogen) atoms. The van der Waals surface area contributed by atoms with Gasteiger partial charge in [0.1, 0.15) is 12.4 Å². The Labute approximate surface area is 117 Å². The third-order valence-electron chi connectivity index (χ3n) is 3.25. The van der Waals surface area contributed by atoms with Gasteiger partial charge in [0.2, 0.25) is 11.9 Å². The van der Waals surface area contributed by atoms with E-state index in [1.807, 2.05) is 6.92 Å². The molecule has 3 rings (SSSR count). The van der Waals surface area contributed by atoms with Crippen LogP contribution in [0.4, 0.5) is 5.95 Å². The van der Waals surface area contributed by atoms with Gasteiger partial charge in [0.25, 0.3) is 0 Å². The Morgan fingerprint density at radius 1 is 1.30 bits per heavy atom. The minimum atomic E-state index is 0.225. The molecule has 0 unspecified atom stereocenters. The molecule has 7 nitrogen and oxygen atoms in total. The van der Waals surface area contributed by atoms with E-state index >= 15 is 0 Å². The zero-order chi connectivity index (χ0) is 13.8. The lowest BCUT2D eigenvalue weighted by molar-refractivity contribution is 0.192. The fraction of sp³-hybridized carbons (Fsp3) is 0.538. The molecule has 0 spiro atoms. The molecular formula is C13H18N6O. The molecule has 0 radical (unpaired) electrons. The standard InChI is InChI=1S/C13H18N6O/c1-2-15-11-16-12(19-8-7-14-9-19)18-13(17-11)20-10-5-3-4-6-10/h7-10H,2-6H2,1H3,(H,15,16,17,18). The van der Waals surface area contributed by atoms with E-state index in [9.17, 15) is 0 Å². The number of nitrogens with one attached hydrogen (secondary N) is 1. The topological polar surface area (TPSA) is 77.8 Å². The van der Waals surface area contributed by atoms with Gasteiger partial charge < -0.3 is 10.1 Å². The molecule has 2 heterocycles. The smallest absolute Gasteiger partial charge is 0.323 e. The van der Waals surface area contributed by atoms with Crippen LogP contribution < -0.4 is 10.1 Å². The maximum atomic E-state index is 5.87. The Morgan fingerprint density at radius 2 is 2.15 bits per heavy atom. The van der Waals surface area contributed by atoms with E-state index in [1.165, 1.54) is 12.8 Å². The lowest BCUT2D eigenvalue weighted by Crippen LogP contribution is -2.16. The molecule has 2 aromatic rings. The van der Waals surface area contributed by atoms with Gasteiger partial charge in [-0.3, -0.25) is 4.57 Å². The first kappa shape index (κ1) is 12.8. The number of rotatable bonds is 5. The minimum absolute atomic E-state index is 0.225. The highest BCUT2D eigenvalue weighted by molar-refractivity contribution is 5.30. The van der Waals surface area contributed by atoms with Crippen LogP contribution in [0.3, 0.4) is 0 Å². The van der Waals surface area contributed by atoms with Crippen LogP contribution in [0.25, 0.3) is 5.95 Å². The summed E-state index contributed by atoms with van der Waals surface area (Å²) in [6, 6.07) is 0.381. The van der Waals surface area contributed by atoms with E-state index < -0.39 is 0 Å². The van der Waals surface area contributed by atoms with Gasteiger partial charge in [0.15, 0.2) is 0 Å². The molecule has 1 aliphatic rings. The molecule has 0 atom stereocenters. The summed E-state index contributed by atoms with van der Waals surface area (Å²) in [4.78, 5) is 17.0. The Morgan fingerprint density at radius 3 is 2.85 bits per heavy atom. The van der Waals surface area contributed by atoms with Crippen molar-refractivity contribution in [3.05, 3.63) is 18.7 Å². The molecule has 0 aromatic carbocycles. The zero-order valence-corrected chi connectivity index (χ0v) is 11.5. The molecule has 0 saturated heterocycles. The van der Waals surface area contributed by atoms with Crippen molar-refractivity contribution in [2.45, 2.75) is 38.7 Å². The molecule has 1 fully saturated rings. The predicted molar refractivity (Wildman–Crippen MR) is 74.0 cm³/mol. The quantitative estimate of drug-likeness (QED) is 0.896. The van der Waals surface area contributed by atoms with Gasteiger partial charge in [-0.1, -0.05) is 0 Å². The molecule has 1 saturated carbocycles. The monoisotopic (exact) mass is 274 g/mol. The fourth-order valence-corrected chi connectivity index (χ4v) is 2.28. The average molecular weight is 274 g/mol. The summed E-state index contributed by atoms with van der Waals surface area (Å²) in [6.07, 6.45) is 9.94. The lowest BCUT2D eigenvalue weighted by Gasteiger charge is -2.13. The number of hydrogen-bond acceptors (Lipinski definition) is 6. The molecule has 106 valence electrons. The van der Waals surface area contributed by atoms with E-state index in [1.54, 1.807) is 23.3 Å². The van der Waals surface area contributed by atoms with Crippen LogP contribution >= 0.6 is 0 Å². The molecule has 1 N–H and O–H groups in total. The highest BCUT2D eigenvalue weighted by Crippen LogP contribution is 2.22. The van der Waals surface area contributed by atoms with E-state index in [0.29, 0.717) is 17.9 Å². The normalized spacial score (nSPS) is 15.4. The molecule has 0 bridgehead atoms. The van der Waals surface area contributed by atoms with Crippen molar-refractivity contribution >= 4 is 5.95 Å². The second-order valence-corrected chi connectivity index (χ2v) is 4.77. The predicted octanol–water partition coefficient (Wildman–Crippen LogP) is 1.81. The Kier molecular flexibility index (Phi) is 3.76. The first-order valence-corrected chi connectivity index (χ1v) is 7.00. The first-order chi connectivity index (χ1) is 9.85. The van der Waals surface area contributed by atoms with Crippen LogP contribution in [0, 0.1) is 0 Å². The summed E-state index contributed by atoms with van der Waals surface area (Å²) in [6.45, 7) is 2.74. The molecule has 0 aliphatic heterocycles. The maximum absolute atomic E-state index is 5.87. The number of nitrogens with zero attached hydrogens (tertiary/aromatic N) is 5. The van der Waals surface area contributed by atoms with Gasteiger partial charge in [-0.05, 0) is 32.6 Å². The number of anilines is 1. The average Bonchev–Trinajstić information content (AvgIpc) is 3.11. The van der Waals surface area contributed by atoms with Crippen molar-refractivity contribution in [3.63, 3.8) is 0 Å². The summed E-state index contributed by atoms with van der Waals surface area (Å²) in [5, 5.41) is 3.10. The molecule has 2 aromatic heterocycles. The van der Waals surface area contributed by atoms with Crippen LogP contribution in [-0.4, -0.2) is 37.2 Å². The summed E-state index contributed by atoms with van der Waals surface area (Å²) >= 11 is 0. The number of ether oxygens (including phenoxy) is 1. The van der Waals surface area contributed by atoms with Gasteiger partial charge >= 0.3 is 6.01 Å². The van der Waals surface area contributed by atoms with E-state index in [0.717, 1.165) is 19.4 Å². The zero-order valence-electron chi connectivity index (χ0n) is 11.5. The summed E-state index contributed by atoms with van der Waals surface area (Å²) in [7, 11) is 0. The van der Waals surface area contributed by atoms with E-state index in [4.69, 9.17) is 4.74 Å². The fourth-order valence-electron chi connectivity index (χ4n) is 2.28. The van der Waals surface area contributed by atoms with Crippen LogP contribution in [0.15, 0.2) is 18.7 Å². The molecule has 0 amide bonds. The second kappa shape index (κ2) is 5.85. The van der Waals surface area contributed by atoms with Crippen LogP contribution in [-0.2, 0) is 0 Å². The number of hydrogen-bond donors (Lipinski definition) is 1. The third kappa shape index (κ3) is 2.87. The summed E-state index contributed by atoms with van der Waals surface area (Å²) < 4.78 is 7.61. The largest absolute Gasteiger partial charge is 0.460 e. The maximum Gasteiger partial charge on any atom is 0.323 e. The Hall–Kier alpha value is -2.18. The third-order valence-corrected chi connectivity index (χ3v) is 3.25. The van der Waals surface area contributed by atoms with Crippen molar-refractivity contribution in [1.29, 1.82) is 0 Å². The Bertz CT molecular complexity index is 550. The highest BCUT2D eigenvalue weighted by Gasteiger charge is 2.19. The van der Waals surface area contributed by atoms with Crippen molar-refractivity contribution in [1.82, 2.24) is 24.5 Å². The summed E-state index contributed by atoms with van der Waals surface area (Å²) in [5.74, 6) is 1.04. The SMILES string of the molecule is CCNc1nc(OC2CCCC2)nc(-n2ccnc2)n1. The van der Waals surface area contributed by atoms with Crippen molar-refractivity contribution in [3.8, 4) is 12.0 Å². The van der Waals surface area contributed by atoms with Gasteiger partial charge in [0.05, 0.1) is 0 Å². The second-order valence-electron chi connectivity index (χ2n) is 4.77. The Balaban J connectivity index is 1.87. The number of aromatic nitrogens is 5. The minimum Gasteiger partial charge on any atom is -0.460 e. The first-order valence-electron chi connectivity index (χ1n) is 7.00. The van der Waals surface area contributed by atoms with E-state index in [2.05, 4.69) is 25.3 Å². The lowest BCUT2D eigenvalue weighted by atomic mass is 10.3. The van der Waals surface area contributed by atoms with Crippen LogP contribution in [0.2, 0.25) is 0 Å². The van der Waals surface area contributed by atoms with Gasteiger partial charge in [-0.25, -0.2) is 4.98 Å². The van der Waals surface area contributed by atoms with Crippen LogP contribution in [0.1, 0.15) is 32.6 Å². The van der Waals surface area contributed by atoms with Gasteiger partial charge in [-0.15, -0.1) is 0 Å². The molecule has 1 aliphatic carbocycles. The van der Waals surface area contributed by atoms with Crippen molar-refractivity contribution in [2.24, 2.45) is 0 Å². The summed E-state index contributed by atoms with van der Waals surface area (Å²) in [5.41, 5.74) is 0. The van der Waals surface area contributed by atoms with Crippen molar-refractivity contribution < 1.29 is 4.74 Å². The van der Waals surface area contributed by atoms with E-state index in [-0.39, 0.29) is 6.10 Å². The van der Waals surface area contributed by atoms with Gasteiger partial charge in [0, 0.05) is 18.9 Å². The van der Waals surface area contributed by atoms with Gasteiger partial charge in [-0.2, -0.15) is 15.0 Å². The van der Waals surface area contributed by atoms with Crippen molar-refractivity contribution in [2.75, 3.05) is 11.9 Å². The number of imidazole rings is 1.